The van der Waals surface area contributed by atoms with Crippen molar-refractivity contribution in [1.82, 2.24) is 10.5 Å². The molecule has 3 rings (SSSR count). The Kier molecular flexibility index (Phi) is 4.74. The molecule has 3 aromatic rings. The molecular weight excluding hydrogens is 358 g/mol. The second kappa shape index (κ2) is 6.98. The quantitative estimate of drug-likeness (QED) is 0.466. The van der Waals surface area contributed by atoms with E-state index in [0.29, 0.717) is 11.1 Å². The van der Waals surface area contributed by atoms with Crippen molar-refractivity contribution in [3.05, 3.63) is 60.3 Å². The maximum atomic E-state index is 12.8. The molecule has 0 spiro atoms. The third kappa shape index (κ3) is 3.30. The van der Waals surface area contributed by atoms with Crippen LogP contribution in [0.15, 0.2) is 59.6 Å². The van der Waals surface area contributed by atoms with Crippen LogP contribution in [-0.2, 0) is 10.0 Å². The topological polar surface area (TPSA) is 118 Å². The van der Waals surface area contributed by atoms with Crippen molar-refractivity contribution in [2.24, 2.45) is 0 Å². The number of pyridine rings is 1. The lowest BCUT2D eigenvalue weighted by molar-refractivity contribution is 0.0706. The van der Waals surface area contributed by atoms with Crippen LogP contribution in [0.4, 0.5) is 5.69 Å². The number of hydrogen-bond donors (Lipinski definition) is 3. The van der Waals surface area contributed by atoms with Crippen LogP contribution in [0, 0.1) is 0 Å². The number of hydroxylamine groups is 1. The first-order chi connectivity index (χ1) is 12.5. The molecule has 0 aliphatic carbocycles. The van der Waals surface area contributed by atoms with Crippen molar-refractivity contribution in [2.45, 2.75) is 4.90 Å². The predicted octanol–water partition coefficient (Wildman–Crippen LogP) is 2.16. The van der Waals surface area contributed by atoms with Gasteiger partial charge in [0.2, 0.25) is 0 Å². The summed E-state index contributed by atoms with van der Waals surface area (Å²) in [6.45, 7) is 0. The van der Waals surface area contributed by atoms with Gasteiger partial charge in [-0.15, -0.1) is 0 Å². The number of benzene rings is 2. The summed E-state index contributed by atoms with van der Waals surface area (Å²) in [5.74, 6) is -0.170. The minimum absolute atomic E-state index is 0.00563. The molecule has 0 aliphatic rings. The van der Waals surface area contributed by atoms with E-state index >= 15 is 0 Å². The average molecular weight is 373 g/mol. The smallest absolute Gasteiger partial charge is 0.274 e. The van der Waals surface area contributed by atoms with Gasteiger partial charge in [0.25, 0.3) is 15.9 Å². The number of carbonyl (C=O) groups is 1. The van der Waals surface area contributed by atoms with Crippen molar-refractivity contribution < 1.29 is 23.2 Å². The maximum Gasteiger partial charge on any atom is 0.274 e. The molecule has 8 nitrogen and oxygen atoms in total. The Morgan fingerprint density at radius 1 is 1.12 bits per heavy atom. The number of rotatable bonds is 5. The molecule has 0 atom stereocenters. The molecule has 3 N–H and O–H groups in total. The molecule has 0 saturated heterocycles. The SMILES string of the molecule is COc1ccc(S(=O)(=O)Nc2ccc(C(=O)NO)cc2)c2ncccc12. The Morgan fingerprint density at radius 3 is 2.50 bits per heavy atom. The van der Waals surface area contributed by atoms with Crippen LogP contribution in [0.25, 0.3) is 10.9 Å². The third-order valence-electron chi connectivity index (χ3n) is 3.70. The molecule has 134 valence electrons. The number of ether oxygens (including phenoxy) is 1. The van der Waals surface area contributed by atoms with Gasteiger partial charge in [-0.3, -0.25) is 19.7 Å². The van der Waals surface area contributed by atoms with Gasteiger partial charge in [-0.2, -0.15) is 0 Å². The zero-order chi connectivity index (χ0) is 18.7. The standard InChI is InChI=1S/C17H15N3O5S/c1-25-14-8-9-15(16-13(14)3-2-10-18-16)26(23,24)20-12-6-4-11(5-7-12)17(21)19-22/h2-10,20,22H,1H3,(H,19,21). The molecule has 0 fully saturated rings. The van der Waals surface area contributed by atoms with E-state index in [2.05, 4.69) is 9.71 Å². The Balaban J connectivity index is 1.99. The number of aromatic nitrogens is 1. The molecule has 0 saturated carbocycles. The summed E-state index contributed by atoms with van der Waals surface area (Å²) in [6.07, 6.45) is 1.50. The number of nitrogens with zero attached hydrogens (tertiary/aromatic N) is 1. The Labute approximate surface area is 149 Å². The minimum Gasteiger partial charge on any atom is -0.496 e. The monoisotopic (exact) mass is 373 g/mol. The van der Waals surface area contributed by atoms with E-state index in [0.717, 1.165) is 0 Å². The van der Waals surface area contributed by atoms with Gasteiger partial charge in [0.05, 0.1) is 12.6 Å². The van der Waals surface area contributed by atoms with Crippen LogP contribution in [0.5, 0.6) is 5.75 Å². The zero-order valence-electron chi connectivity index (χ0n) is 13.6. The lowest BCUT2D eigenvalue weighted by Crippen LogP contribution is -2.18. The van der Waals surface area contributed by atoms with Gasteiger partial charge >= 0.3 is 0 Å². The number of sulfonamides is 1. The van der Waals surface area contributed by atoms with E-state index in [4.69, 9.17) is 9.94 Å². The Morgan fingerprint density at radius 2 is 1.85 bits per heavy atom. The summed E-state index contributed by atoms with van der Waals surface area (Å²) in [6, 6.07) is 12.0. The Bertz CT molecular complexity index is 1070. The number of carbonyl (C=O) groups excluding carboxylic acids is 1. The van der Waals surface area contributed by atoms with Crippen LogP contribution in [0.2, 0.25) is 0 Å². The van der Waals surface area contributed by atoms with E-state index < -0.39 is 15.9 Å². The molecule has 0 aliphatic heterocycles. The minimum atomic E-state index is -3.92. The highest BCUT2D eigenvalue weighted by atomic mass is 32.2. The van der Waals surface area contributed by atoms with Gasteiger partial charge < -0.3 is 4.74 Å². The number of amides is 1. The molecule has 0 bridgehead atoms. The fraction of sp³-hybridized carbons (Fsp3) is 0.0588. The summed E-state index contributed by atoms with van der Waals surface area (Å²) < 4.78 is 33.2. The van der Waals surface area contributed by atoms with E-state index in [1.807, 2.05) is 0 Å². The van der Waals surface area contributed by atoms with Gasteiger partial charge in [0.15, 0.2) is 0 Å². The zero-order valence-corrected chi connectivity index (χ0v) is 14.4. The lowest BCUT2D eigenvalue weighted by atomic mass is 10.2. The van der Waals surface area contributed by atoms with Crippen molar-refractivity contribution in [3.63, 3.8) is 0 Å². The fourth-order valence-electron chi connectivity index (χ4n) is 2.48. The third-order valence-corrected chi connectivity index (χ3v) is 5.12. The van der Waals surface area contributed by atoms with Crippen LogP contribution in [-0.4, -0.2) is 31.6 Å². The van der Waals surface area contributed by atoms with Gasteiger partial charge in [0, 0.05) is 22.8 Å². The van der Waals surface area contributed by atoms with Crippen LogP contribution < -0.4 is 14.9 Å². The first kappa shape index (κ1) is 17.6. The predicted molar refractivity (Wildman–Crippen MR) is 94.8 cm³/mol. The second-order valence-electron chi connectivity index (χ2n) is 5.29. The molecule has 1 heterocycles. The summed E-state index contributed by atoms with van der Waals surface area (Å²) in [7, 11) is -2.42. The molecule has 0 radical (unpaired) electrons. The normalized spacial score (nSPS) is 11.2. The van der Waals surface area contributed by atoms with Crippen LogP contribution >= 0.6 is 0 Å². The van der Waals surface area contributed by atoms with Gasteiger partial charge in [-0.1, -0.05) is 0 Å². The average Bonchev–Trinajstić information content (AvgIpc) is 2.66. The van der Waals surface area contributed by atoms with E-state index in [-0.39, 0.29) is 21.7 Å². The van der Waals surface area contributed by atoms with Crippen molar-refractivity contribution in [1.29, 1.82) is 0 Å². The van der Waals surface area contributed by atoms with Gasteiger partial charge in [-0.05, 0) is 48.5 Å². The molecule has 9 heteroatoms. The Hall–Kier alpha value is -3.17. The maximum absolute atomic E-state index is 12.8. The van der Waals surface area contributed by atoms with E-state index in [1.165, 1.54) is 49.1 Å². The molecule has 1 aromatic heterocycles. The van der Waals surface area contributed by atoms with Crippen LogP contribution in [0.3, 0.4) is 0 Å². The number of nitrogens with one attached hydrogen (secondary N) is 2. The van der Waals surface area contributed by atoms with Crippen molar-refractivity contribution in [2.75, 3.05) is 11.8 Å². The van der Waals surface area contributed by atoms with Crippen molar-refractivity contribution in [3.8, 4) is 5.75 Å². The second-order valence-corrected chi connectivity index (χ2v) is 6.94. The van der Waals surface area contributed by atoms with E-state index in [1.54, 1.807) is 18.2 Å². The lowest BCUT2D eigenvalue weighted by Gasteiger charge is -2.12. The first-order valence-electron chi connectivity index (χ1n) is 7.45. The summed E-state index contributed by atoms with van der Waals surface area (Å²) in [5.41, 5.74) is 2.25. The first-order valence-corrected chi connectivity index (χ1v) is 8.93. The fourth-order valence-corrected chi connectivity index (χ4v) is 3.70. The highest BCUT2D eigenvalue weighted by Gasteiger charge is 2.20. The highest BCUT2D eigenvalue weighted by Crippen LogP contribution is 2.30. The molecule has 2 aromatic carbocycles. The molecule has 26 heavy (non-hydrogen) atoms. The van der Waals surface area contributed by atoms with Gasteiger partial charge in [-0.25, -0.2) is 13.9 Å². The molecular formula is C17H15N3O5S. The van der Waals surface area contributed by atoms with Crippen LogP contribution in [0.1, 0.15) is 10.4 Å². The largest absolute Gasteiger partial charge is 0.496 e. The summed E-state index contributed by atoms with van der Waals surface area (Å²) >= 11 is 0. The summed E-state index contributed by atoms with van der Waals surface area (Å²) in [5, 5.41) is 9.18. The molecule has 0 unspecified atom stereocenters. The summed E-state index contributed by atoms with van der Waals surface area (Å²) in [4.78, 5) is 15.5. The van der Waals surface area contributed by atoms with E-state index in [9.17, 15) is 13.2 Å². The number of hydrogen-bond acceptors (Lipinski definition) is 6. The van der Waals surface area contributed by atoms with Gasteiger partial charge in [0.1, 0.15) is 10.6 Å². The van der Waals surface area contributed by atoms with Crippen molar-refractivity contribution >= 4 is 32.5 Å². The number of anilines is 1. The number of fused-ring (bicyclic) bond motifs is 1. The number of methoxy groups -OCH3 is 1. The highest BCUT2D eigenvalue weighted by molar-refractivity contribution is 7.93. The molecule has 1 amide bonds.